The summed E-state index contributed by atoms with van der Waals surface area (Å²) in [4.78, 5) is 11.3. The van der Waals surface area contributed by atoms with Gasteiger partial charge in [-0.25, -0.2) is 4.79 Å². The lowest BCUT2D eigenvalue weighted by Crippen LogP contribution is -2.37. The van der Waals surface area contributed by atoms with Crippen LogP contribution >= 0.6 is 0 Å². The van der Waals surface area contributed by atoms with Crippen LogP contribution in [0.25, 0.3) is 11.0 Å². The van der Waals surface area contributed by atoms with Crippen LogP contribution < -0.4 is 5.32 Å². The molecule has 0 radical (unpaired) electrons. The molecule has 0 saturated carbocycles. The lowest BCUT2D eigenvalue weighted by Gasteiger charge is -2.21. The van der Waals surface area contributed by atoms with Crippen molar-refractivity contribution in [3.63, 3.8) is 0 Å². The maximum absolute atomic E-state index is 11.3. The van der Waals surface area contributed by atoms with Gasteiger partial charge in [-0.05, 0) is 12.0 Å². The van der Waals surface area contributed by atoms with Crippen molar-refractivity contribution in [1.29, 1.82) is 0 Å². The number of hydrogen-bond donors (Lipinski definition) is 2. The highest BCUT2D eigenvalue weighted by atomic mass is 16.5. The number of carboxylic acid groups (broad SMARTS) is 1. The van der Waals surface area contributed by atoms with Crippen molar-refractivity contribution in [1.82, 2.24) is 5.32 Å². The Labute approximate surface area is 123 Å². The lowest BCUT2D eigenvalue weighted by atomic mass is 10.0. The quantitative estimate of drug-likeness (QED) is 0.820. The number of carbonyl (C=O) groups is 1. The van der Waals surface area contributed by atoms with Crippen molar-refractivity contribution in [2.75, 3.05) is 13.7 Å². The van der Waals surface area contributed by atoms with Gasteiger partial charge in [-0.15, -0.1) is 0 Å². The van der Waals surface area contributed by atoms with E-state index in [0.717, 1.165) is 5.39 Å². The van der Waals surface area contributed by atoms with Gasteiger partial charge in [0.2, 0.25) is 5.76 Å². The first kappa shape index (κ1) is 15.5. The molecule has 1 unspecified atom stereocenters. The molecule has 1 aromatic heterocycles. The summed E-state index contributed by atoms with van der Waals surface area (Å²) in [5.74, 6) is -0.657. The Morgan fingerprint density at radius 2 is 2.10 bits per heavy atom. The first-order valence-electron chi connectivity index (χ1n) is 7.00. The van der Waals surface area contributed by atoms with Crippen LogP contribution in [0.2, 0.25) is 0 Å². The summed E-state index contributed by atoms with van der Waals surface area (Å²) >= 11 is 0. The predicted molar refractivity (Wildman–Crippen MR) is 80.5 cm³/mol. The fourth-order valence-electron chi connectivity index (χ4n) is 2.35. The molecule has 2 N–H and O–H groups in total. The lowest BCUT2D eigenvalue weighted by molar-refractivity contribution is 0.0663. The Balaban J connectivity index is 2.28. The number of nitrogens with one attached hydrogen (secondary N) is 1. The number of benzene rings is 1. The van der Waals surface area contributed by atoms with Crippen molar-refractivity contribution in [2.24, 2.45) is 5.92 Å². The van der Waals surface area contributed by atoms with Crippen molar-refractivity contribution in [3.05, 3.63) is 35.6 Å². The normalized spacial score (nSPS) is 13.0. The molecule has 0 aliphatic rings. The van der Waals surface area contributed by atoms with Gasteiger partial charge in [0.25, 0.3) is 0 Å². The Morgan fingerprint density at radius 1 is 1.38 bits per heavy atom. The molecule has 0 saturated heterocycles. The van der Waals surface area contributed by atoms with Crippen LogP contribution in [-0.2, 0) is 11.3 Å². The number of methoxy groups -OCH3 is 1. The highest BCUT2D eigenvalue weighted by molar-refractivity contribution is 5.95. The van der Waals surface area contributed by atoms with Crippen molar-refractivity contribution in [2.45, 2.75) is 26.4 Å². The molecule has 1 heterocycles. The summed E-state index contributed by atoms with van der Waals surface area (Å²) in [6.45, 7) is 5.21. The van der Waals surface area contributed by atoms with Gasteiger partial charge >= 0.3 is 5.97 Å². The third-order valence-electron chi connectivity index (χ3n) is 3.58. The number of ether oxygens (including phenoxy) is 1. The molecule has 5 nitrogen and oxygen atoms in total. The number of para-hydroxylation sites is 1. The Bertz CT molecular complexity index is 618. The Kier molecular flexibility index (Phi) is 4.98. The Hall–Kier alpha value is -1.85. The molecule has 2 rings (SSSR count). The molecule has 21 heavy (non-hydrogen) atoms. The van der Waals surface area contributed by atoms with E-state index in [-0.39, 0.29) is 11.8 Å². The van der Waals surface area contributed by atoms with Crippen molar-refractivity contribution < 1.29 is 19.1 Å². The van der Waals surface area contributed by atoms with E-state index in [4.69, 9.17) is 9.15 Å². The second-order valence-electron chi connectivity index (χ2n) is 5.40. The van der Waals surface area contributed by atoms with Gasteiger partial charge in [0.1, 0.15) is 5.58 Å². The van der Waals surface area contributed by atoms with Gasteiger partial charge in [-0.2, -0.15) is 0 Å². The maximum Gasteiger partial charge on any atom is 0.372 e. The summed E-state index contributed by atoms with van der Waals surface area (Å²) < 4.78 is 10.6. The third kappa shape index (κ3) is 3.43. The zero-order valence-corrected chi connectivity index (χ0v) is 12.6. The van der Waals surface area contributed by atoms with E-state index in [1.54, 1.807) is 13.2 Å². The maximum atomic E-state index is 11.3. The van der Waals surface area contributed by atoms with Gasteiger partial charge in [0, 0.05) is 30.6 Å². The second kappa shape index (κ2) is 6.74. The van der Waals surface area contributed by atoms with E-state index >= 15 is 0 Å². The number of aromatic carboxylic acids is 1. The molecule has 5 heteroatoms. The highest BCUT2D eigenvalue weighted by Crippen LogP contribution is 2.26. The van der Waals surface area contributed by atoms with Gasteiger partial charge in [0.15, 0.2) is 0 Å². The van der Waals surface area contributed by atoms with E-state index in [9.17, 15) is 9.90 Å². The SMILES string of the molecule is COCC(NCc1c(C(=O)O)oc2ccccc12)C(C)C. The van der Waals surface area contributed by atoms with E-state index in [1.165, 1.54) is 0 Å². The molecule has 0 aliphatic heterocycles. The standard InChI is InChI=1S/C16H21NO4/c1-10(2)13(9-20-3)17-8-12-11-6-4-5-7-14(11)21-15(12)16(18)19/h4-7,10,13,17H,8-9H2,1-3H3,(H,18,19). The highest BCUT2D eigenvalue weighted by Gasteiger charge is 2.21. The minimum absolute atomic E-state index is 0.00335. The molecule has 0 amide bonds. The molecular formula is C16H21NO4. The largest absolute Gasteiger partial charge is 0.475 e. The molecule has 0 fully saturated rings. The third-order valence-corrected chi connectivity index (χ3v) is 3.58. The number of rotatable bonds is 7. The summed E-state index contributed by atoms with van der Waals surface area (Å²) in [5, 5.41) is 13.5. The molecule has 1 atom stereocenters. The summed E-state index contributed by atoms with van der Waals surface area (Å²) in [5.41, 5.74) is 1.28. The second-order valence-corrected chi connectivity index (χ2v) is 5.40. The van der Waals surface area contributed by atoms with Gasteiger partial charge in [0.05, 0.1) is 6.61 Å². The summed E-state index contributed by atoms with van der Waals surface area (Å²) in [6.07, 6.45) is 0. The van der Waals surface area contributed by atoms with Crippen LogP contribution in [0, 0.1) is 5.92 Å². The number of fused-ring (bicyclic) bond motifs is 1. The van der Waals surface area contributed by atoms with E-state index in [2.05, 4.69) is 19.2 Å². The zero-order valence-electron chi connectivity index (χ0n) is 12.6. The van der Waals surface area contributed by atoms with Gasteiger partial charge in [-0.3, -0.25) is 0 Å². The van der Waals surface area contributed by atoms with E-state index in [1.807, 2.05) is 18.2 Å². The predicted octanol–water partition coefficient (Wildman–Crippen LogP) is 2.89. The van der Waals surface area contributed by atoms with Crippen molar-refractivity contribution >= 4 is 16.9 Å². The molecule has 114 valence electrons. The molecule has 2 aromatic rings. The fraction of sp³-hybridized carbons (Fsp3) is 0.438. The first-order valence-corrected chi connectivity index (χ1v) is 7.00. The van der Waals surface area contributed by atoms with Crippen LogP contribution in [0.5, 0.6) is 0 Å². The topological polar surface area (TPSA) is 71.7 Å². The molecule has 0 bridgehead atoms. The number of hydrogen-bond acceptors (Lipinski definition) is 4. The van der Waals surface area contributed by atoms with E-state index < -0.39 is 5.97 Å². The van der Waals surface area contributed by atoms with Crippen LogP contribution in [0.3, 0.4) is 0 Å². The molecular weight excluding hydrogens is 270 g/mol. The minimum Gasteiger partial charge on any atom is -0.475 e. The summed E-state index contributed by atoms with van der Waals surface area (Å²) in [7, 11) is 1.66. The van der Waals surface area contributed by atoms with Crippen LogP contribution in [0.15, 0.2) is 28.7 Å². The van der Waals surface area contributed by atoms with Crippen LogP contribution in [0.4, 0.5) is 0 Å². The average molecular weight is 291 g/mol. The zero-order chi connectivity index (χ0) is 15.4. The molecule has 0 aliphatic carbocycles. The smallest absolute Gasteiger partial charge is 0.372 e. The van der Waals surface area contributed by atoms with Crippen molar-refractivity contribution in [3.8, 4) is 0 Å². The monoisotopic (exact) mass is 291 g/mol. The van der Waals surface area contributed by atoms with Gasteiger partial charge < -0.3 is 19.6 Å². The Morgan fingerprint density at radius 3 is 2.71 bits per heavy atom. The fourth-order valence-corrected chi connectivity index (χ4v) is 2.35. The van der Waals surface area contributed by atoms with Crippen LogP contribution in [0.1, 0.15) is 30.0 Å². The molecule has 0 spiro atoms. The first-order chi connectivity index (χ1) is 10.0. The van der Waals surface area contributed by atoms with Crippen LogP contribution in [-0.4, -0.2) is 30.8 Å². The van der Waals surface area contributed by atoms with Gasteiger partial charge in [-0.1, -0.05) is 32.0 Å². The molecule has 1 aromatic carbocycles. The summed E-state index contributed by atoms with van der Waals surface area (Å²) in [6, 6.07) is 7.52. The number of carboxylic acids is 1. The average Bonchev–Trinajstić information content (AvgIpc) is 2.82. The van der Waals surface area contributed by atoms with E-state index in [0.29, 0.717) is 30.2 Å². The number of furan rings is 1. The minimum atomic E-state index is -1.05.